The number of amides is 2. The third kappa shape index (κ3) is 4.13. The molecule has 86 valence electrons. The summed E-state index contributed by atoms with van der Waals surface area (Å²) in [6, 6.07) is 9.02. The van der Waals surface area contributed by atoms with Gasteiger partial charge in [-0.25, -0.2) is 0 Å². The van der Waals surface area contributed by atoms with Gasteiger partial charge in [0.25, 0.3) is 5.91 Å². The summed E-state index contributed by atoms with van der Waals surface area (Å²) < 4.78 is 0. The largest absolute Gasteiger partial charge is 0.359 e. The summed E-state index contributed by atoms with van der Waals surface area (Å²) in [5.41, 5.74) is 0.641. The molecule has 0 unspecified atom stereocenters. The van der Waals surface area contributed by atoms with Gasteiger partial charge in [0, 0.05) is 25.6 Å². The monoisotopic (exact) mass is 220 g/mol. The molecule has 0 fully saturated rings. The predicted octanol–water partition coefficient (Wildman–Crippen LogP) is 0.943. The van der Waals surface area contributed by atoms with E-state index < -0.39 is 0 Å². The number of carbonyl (C=O) groups is 2. The Balaban J connectivity index is 2.24. The van der Waals surface area contributed by atoms with E-state index in [9.17, 15) is 9.59 Å². The minimum Gasteiger partial charge on any atom is -0.359 e. The van der Waals surface area contributed by atoms with Gasteiger partial charge in [0.15, 0.2) is 0 Å². The van der Waals surface area contributed by atoms with E-state index in [1.165, 1.54) is 0 Å². The maximum Gasteiger partial charge on any atom is 0.251 e. The van der Waals surface area contributed by atoms with Gasteiger partial charge in [0.1, 0.15) is 0 Å². The summed E-state index contributed by atoms with van der Waals surface area (Å²) in [7, 11) is 1.60. The highest BCUT2D eigenvalue weighted by Gasteiger charge is 2.03. The van der Waals surface area contributed by atoms with Crippen molar-refractivity contribution in [2.24, 2.45) is 0 Å². The smallest absolute Gasteiger partial charge is 0.251 e. The molecule has 0 aliphatic heterocycles. The van der Waals surface area contributed by atoms with Crippen molar-refractivity contribution in [1.82, 2.24) is 10.6 Å². The minimum absolute atomic E-state index is 0.00559. The van der Waals surface area contributed by atoms with Crippen LogP contribution in [-0.2, 0) is 4.79 Å². The topological polar surface area (TPSA) is 58.2 Å². The van der Waals surface area contributed by atoms with Crippen molar-refractivity contribution in [3.63, 3.8) is 0 Å². The average molecular weight is 220 g/mol. The van der Waals surface area contributed by atoms with Crippen LogP contribution in [0.3, 0.4) is 0 Å². The van der Waals surface area contributed by atoms with Gasteiger partial charge in [0.05, 0.1) is 0 Å². The van der Waals surface area contributed by atoms with E-state index in [-0.39, 0.29) is 11.8 Å². The first-order valence-corrected chi connectivity index (χ1v) is 5.28. The Morgan fingerprint density at radius 2 is 1.88 bits per heavy atom. The molecular weight excluding hydrogens is 204 g/mol. The molecular formula is C12H16N2O2. The fourth-order valence-corrected chi connectivity index (χ4v) is 1.27. The Morgan fingerprint density at radius 3 is 2.50 bits per heavy atom. The molecule has 0 atom stereocenters. The molecule has 2 amide bonds. The molecule has 1 aromatic rings. The van der Waals surface area contributed by atoms with E-state index >= 15 is 0 Å². The second-order valence-electron chi connectivity index (χ2n) is 3.40. The number of benzene rings is 1. The van der Waals surface area contributed by atoms with E-state index in [4.69, 9.17) is 0 Å². The van der Waals surface area contributed by atoms with Gasteiger partial charge in [-0.1, -0.05) is 18.2 Å². The summed E-state index contributed by atoms with van der Waals surface area (Å²) in [5, 5.41) is 5.29. The zero-order valence-electron chi connectivity index (χ0n) is 9.32. The molecule has 0 aliphatic rings. The molecule has 0 spiro atoms. The van der Waals surface area contributed by atoms with Crippen LogP contribution in [0.1, 0.15) is 23.2 Å². The average Bonchev–Trinajstić information content (AvgIpc) is 2.35. The molecule has 4 heteroatoms. The molecule has 0 bridgehead atoms. The highest BCUT2D eigenvalue weighted by Crippen LogP contribution is 1.97. The van der Waals surface area contributed by atoms with Crippen LogP contribution >= 0.6 is 0 Å². The highest BCUT2D eigenvalue weighted by molar-refractivity contribution is 5.94. The van der Waals surface area contributed by atoms with Gasteiger partial charge in [0.2, 0.25) is 5.91 Å². The normalized spacial score (nSPS) is 9.56. The number of carbonyl (C=O) groups excluding carboxylic acids is 2. The molecule has 4 nitrogen and oxygen atoms in total. The van der Waals surface area contributed by atoms with Crippen molar-refractivity contribution >= 4 is 11.8 Å². The minimum atomic E-state index is -0.0995. The first-order chi connectivity index (χ1) is 7.74. The molecule has 0 saturated carbocycles. The third-order valence-corrected chi connectivity index (χ3v) is 2.18. The molecule has 0 saturated heterocycles. The van der Waals surface area contributed by atoms with Gasteiger partial charge in [-0.2, -0.15) is 0 Å². The van der Waals surface area contributed by atoms with Crippen molar-refractivity contribution in [2.75, 3.05) is 13.6 Å². The van der Waals surface area contributed by atoms with Gasteiger partial charge in [-0.15, -0.1) is 0 Å². The van der Waals surface area contributed by atoms with Crippen LogP contribution in [0.15, 0.2) is 30.3 Å². The summed E-state index contributed by atoms with van der Waals surface area (Å²) in [4.78, 5) is 22.4. The summed E-state index contributed by atoms with van der Waals surface area (Å²) in [6.07, 6.45) is 1.09. The summed E-state index contributed by atoms with van der Waals surface area (Å²) in [5.74, 6) is -0.105. The lowest BCUT2D eigenvalue weighted by Crippen LogP contribution is -2.26. The van der Waals surface area contributed by atoms with Crippen molar-refractivity contribution in [3.8, 4) is 0 Å². The lowest BCUT2D eigenvalue weighted by atomic mass is 10.2. The second-order valence-corrected chi connectivity index (χ2v) is 3.40. The van der Waals surface area contributed by atoms with E-state index in [0.29, 0.717) is 24.9 Å². The van der Waals surface area contributed by atoms with Crippen molar-refractivity contribution in [3.05, 3.63) is 35.9 Å². The second kappa shape index (κ2) is 6.61. The molecule has 0 aliphatic carbocycles. The van der Waals surface area contributed by atoms with Crippen molar-refractivity contribution in [2.45, 2.75) is 12.8 Å². The van der Waals surface area contributed by atoms with Crippen LogP contribution < -0.4 is 10.6 Å². The Hall–Kier alpha value is -1.84. The summed E-state index contributed by atoms with van der Waals surface area (Å²) >= 11 is 0. The van der Waals surface area contributed by atoms with Crippen LogP contribution in [0.2, 0.25) is 0 Å². The quantitative estimate of drug-likeness (QED) is 0.726. The fraction of sp³-hybridized carbons (Fsp3) is 0.333. The first-order valence-electron chi connectivity index (χ1n) is 5.28. The lowest BCUT2D eigenvalue weighted by molar-refractivity contribution is -0.120. The molecule has 16 heavy (non-hydrogen) atoms. The molecule has 0 radical (unpaired) electrons. The van der Waals surface area contributed by atoms with Crippen LogP contribution in [0.25, 0.3) is 0 Å². The van der Waals surface area contributed by atoms with Gasteiger partial charge in [-0.05, 0) is 18.6 Å². The maximum atomic E-state index is 11.5. The highest BCUT2D eigenvalue weighted by atomic mass is 16.2. The molecule has 1 aromatic carbocycles. The molecule has 0 aromatic heterocycles. The van der Waals surface area contributed by atoms with Crippen LogP contribution in [0.4, 0.5) is 0 Å². The fourth-order valence-electron chi connectivity index (χ4n) is 1.27. The number of nitrogens with one attached hydrogen (secondary N) is 2. The maximum absolute atomic E-state index is 11.5. The Labute approximate surface area is 95.0 Å². The zero-order chi connectivity index (χ0) is 11.8. The van der Waals surface area contributed by atoms with Crippen LogP contribution in [0, 0.1) is 0 Å². The van der Waals surface area contributed by atoms with Crippen LogP contribution in [-0.4, -0.2) is 25.4 Å². The zero-order valence-corrected chi connectivity index (χ0v) is 9.32. The van der Waals surface area contributed by atoms with Crippen molar-refractivity contribution in [1.29, 1.82) is 0 Å². The first kappa shape index (κ1) is 12.2. The van der Waals surface area contributed by atoms with Crippen molar-refractivity contribution < 1.29 is 9.59 Å². The molecule has 0 heterocycles. The van der Waals surface area contributed by atoms with E-state index in [1.807, 2.05) is 18.2 Å². The SMILES string of the molecule is CNC(=O)CCCNC(=O)c1ccccc1. The molecule has 1 rings (SSSR count). The lowest BCUT2D eigenvalue weighted by Gasteiger charge is -2.04. The predicted molar refractivity (Wildman–Crippen MR) is 62.1 cm³/mol. The summed E-state index contributed by atoms with van der Waals surface area (Å²) in [6.45, 7) is 0.515. The standard InChI is InChI=1S/C12H16N2O2/c1-13-11(15)8-5-9-14-12(16)10-6-3-2-4-7-10/h2-4,6-7H,5,8-9H2,1H3,(H,13,15)(H,14,16). The van der Waals surface area contributed by atoms with E-state index in [0.717, 1.165) is 0 Å². The van der Waals surface area contributed by atoms with E-state index in [2.05, 4.69) is 10.6 Å². The van der Waals surface area contributed by atoms with E-state index in [1.54, 1.807) is 19.2 Å². The Bertz CT molecular complexity index is 349. The third-order valence-electron chi connectivity index (χ3n) is 2.18. The number of hydrogen-bond donors (Lipinski definition) is 2. The Kier molecular flexibility index (Phi) is 5.05. The van der Waals surface area contributed by atoms with Gasteiger partial charge in [-0.3, -0.25) is 9.59 Å². The number of rotatable bonds is 5. The van der Waals surface area contributed by atoms with Crippen LogP contribution in [0.5, 0.6) is 0 Å². The van der Waals surface area contributed by atoms with Gasteiger partial charge >= 0.3 is 0 Å². The Morgan fingerprint density at radius 1 is 1.19 bits per heavy atom. The van der Waals surface area contributed by atoms with Gasteiger partial charge < -0.3 is 10.6 Å². The molecule has 2 N–H and O–H groups in total. The number of hydrogen-bond acceptors (Lipinski definition) is 2.